The minimum atomic E-state index is -0.507. The van der Waals surface area contributed by atoms with Gasteiger partial charge in [0.2, 0.25) is 0 Å². The number of amides is 1. The molecule has 0 unspecified atom stereocenters. The summed E-state index contributed by atoms with van der Waals surface area (Å²) in [7, 11) is 1.41. The summed E-state index contributed by atoms with van der Waals surface area (Å²) in [4.78, 5) is 28.2. The van der Waals surface area contributed by atoms with Crippen LogP contribution in [0.5, 0.6) is 0 Å². The van der Waals surface area contributed by atoms with Gasteiger partial charge in [0.15, 0.2) is 0 Å². The van der Waals surface area contributed by atoms with Crippen molar-refractivity contribution in [3.05, 3.63) is 12.2 Å². The number of carbonyl (C=O) groups is 2. The largest absolute Gasteiger partial charge is 0.468 e. The van der Waals surface area contributed by atoms with Crippen molar-refractivity contribution in [3.63, 3.8) is 0 Å². The summed E-state index contributed by atoms with van der Waals surface area (Å²) < 4.78 is 10.4. The van der Waals surface area contributed by atoms with E-state index in [9.17, 15) is 9.59 Å². The summed E-state index contributed by atoms with van der Waals surface area (Å²) in [6.45, 7) is 9.32. The van der Waals surface area contributed by atoms with Gasteiger partial charge in [0, 0.05) is 25.0 Å². The molecule has 2 rings (SSSR count). The van der Waals surface area contributed by atoms with E-state index in [1.165, 1.54) is 7.11 Å². The molecule has 2 aliphatic rings. The van der Waals surface area contributed by atoms with Crippen LogP contribution in [0.4, 0.5) is 4.79 Å². The molecule has 0 aliphatic carbocycles. The molecule has 0 saturated carbocycles. The Kier molecular flexibility index (Phi) is 5.91. The second-order valence-electron chi connectivity index (χ2n) is 7.56. The number of esters is 1. The Hall–Kier alpha value is -1.56. The predicted molar refractivity (Wildman–Crippen MR) is 91.6 cm³/mol. The quantitative estimate of drug-likeness (QED) is 0.584. The van der Waals surface area contributed by atoms with E-state index >= 15 is 0 Å². The summed E-state index contributed by atoms with van der Waals surface area (Å²) in [5, 5.41) is 0. The van der Waals surface area contributed by atoms with E-state index in [0.29, 0.717) is 19.0 Å². The number of methoxy groups -OCH3 is 1. The van der Waals surface area contributed by atoms with Gasteiger partial charge in [-0.25, -0.2) is 4.79 Å². The zero-order chi connectivity index (χ0) is 17.9. The zero-order valence-electron chi connectivity index (χ0n) is 15.4. The van der Waals surface area contributed by atoms with Crippen LogP contribution in [-0.4, -0.2) is 66.3 Å². The van der Waals surface area contributed by atoms with Crippen LogP contribution in [0.25, 0.3) is 0 Å². The van der Waals surface area contributed by atoms with Gasteiger partial charge < -0.3 is 14.4 Å². The van der Waals surface area contributed by atoms with Gasteiger partial charge in [-0.15, -0.1) is 0 Å². The standard InChI is InChI=1S/C18H30N2O4/c1-6-14-8-7-13-9-10-20(17(22)24-18(2,3)4)15(13)11-19(14)12-16(21)23-5/h7-8,13-15H,6,9-12H2,1-5H3/t13-,14+,15+/m0/s1. The van der Waals surface area contributed by atoms with Gasteiger partial charge in [0.25, 0.3) is 0 Å². The minimum Gasteiger partial charge on any atom is -0.468 e. The number of hydrogen-bond donors (Lipinski definition) is 0. The second-order valence-corrected chi connectivity index (χ2v) is 7.56. The first kappa shape index (κ1) is 18.8. The maximum atomic E-state index is 12.5. The lowest BCUT2D eigenvalue weighted by molar-refractivity contribution is -0.142. The molecule has 0 spiro atoms. The van der Waals surface area contributed by atoms with Crippen molar-refractivity contribution in [1.82, 2.24) is 9.80 Å². The van der Waals surface area contributed by atoms with E-state index < -0.39 is 5.60 Å². The Bertz CT molecular complexity index is 498. The number of hydrogen-bond acceptors (Lipinski definition) is 5. The van der Waals surface area contributed by atoms with Crippen molar-refractivity contribution in [2.24, 2.45) is 5.92 Å². The van der Waals surface area contributed by atoms with Crippen molar-refractivity contribution in [1.29, 1.82) is 0 Å². The Balaban J connectivity index is 2.15. The SMILES string of the molecule is CC[C@@H]1C=C[C@H]2CCN(C(=O)OC(C)(C)C)[C@@H]2CN1CC(=O)OC. The highest BCUT2D eigenvalue weighted by Crippen LogP contribution is 2.31. The zero-order valence-corrected chi connectivity index (χ0v) is 15.4. The molecule has 0 radical (unpaired) electrons. The van der Waals surface area contributed by atoms with Gasteiger partial charge in [0.1, 0.15) is 5.60 Å². The average Bonchev–Trinajstić information content (AvgIpc) is 2.80. The van der Waals surface area contributed by atoms with Crippen LogP contribution >= 0.6 is 0 Å². The summed E-state index contributed by atoms with van der Waals surface area (Å²) in [6, 6.07) is 0.229. The molecule has 1 saturated heterocycles. The van der Waals surface area contributed by atoms with Gasteiger partial charge in [-0.3, -0.25) is 9.69 Å². The number of likely N-dealkylation sites (tertiary alicyclic amines) is 1. The maximum Gasteiger partial charge on any atom is 0.410 e. The normalized spacial score (nSPS) is 27.5. The molecule has 0 aromatic heterocycles. The van der Waals surface area contributed by atoms with E-state index in [0.717, 1.165) is 12.8 Å². The Morgan fingerprint density at radius 3 is 2.54 bits per heavy atom. The summed E-state index contributed by atoms with van der Waals surface area (Å²) in [5.41, 5.74) is -0.507. The van der Waals surface area contributed by atoms with Gasteiger partial charge in [-0.1, -0.05) is 19.1 Å². The Labute approximate surface area is 144 Å². The molecule has 0 bridgehead atoms. The lowest BCUT2D eigenvalue weighted by atomic mass is 10.0. The van der Waals surface area contributed by atoms with Gasteiger partial charge >= 0.3 is 12.1 Å². The van der Waals surface area contributed by atoms with E-state index in [-0.39, 0.29) is 30.7 Å². The lowest BCUT2D eigenvalue weighted by Gasteiger charge is -2.34. The van der Waals surface area contributed by atoms with E-state index in [1.54, 1.807) is 0 Å². The van der Waals surface area contributed by atoms with Gasteiger partial charge in [-0.2, -0.15) is 0 Å². The van der Waals surface area contributed by atoms with Crippen molar-refractivity contribution < 1.29 is 19.1 Å². The van der Waals surface area contributed by atoms with Crippen LogP contribution < -0.4 is 0 Å². The monoisotopic (exact) mass is 338 g/mol. The highest BCUT2D eigenvalue weighted by Gasteiger charge is 2.41. The van der Waals surface area contributed by atoms with Gasteiger partial charge in [-0.05, 0) is 33.6 Å². The third-order valence-electron chi connectivity index (χ3n) is 4.68. The van der Waals surface area contributed by atoms with Crippen LogP contribution in [0, 0.1) is 5.92 Å². The third kappa shape index (κ3) is 4.50. The molecule has 3 atom stereocenters. The predicted octanol–water partition coefficient (Wildman–Crippen LogP) is 2.44. The smallest absolute Gasteiger partial charge is 0.410 e. The van der Waals surface area contributed by atoms with Crippen LogP contribution in [0.2, 0.25) is 0 Å². The highest BCUT2D eigenvalue weighted by atomic mass is 16.6. The van der Waals surface area contributed by atoms with E-state index in [4.69, 9.17) is 9.47 Å². The number of rotatable bonds is 3. The average molecular weight is 338 g/mol. The first-order valence-corrected chi connectivity index (χ1v) is 8.74. The lowest BCUT2D eigenvalue weighted by Crippen LogP contribution is -2.49. The number of ether oxygens (including phenoxy) is 2. The molecule has 6 heteroatoms. The summed E-state index contributed by atoms with van der Waals surface area (Å²) in [5.74, 6) is 0.0660. The fourth-order valence-electron chi connectivity index (χ4n) is 3.46. The van der Waals surface area contributed by atoms with Crippen LogP contribution in [0.1, 0.15) is 40.5 Å². The molecule has 136 valence electrons. The van der Waals surface area contributed by atoms with Crippen molar-refractivity contribution >= 4 is 12.1 Å². The minimum absolute atomic E-state index is 0.0392. The maximum absolute atomic E-state index is 12.5. The van der Waals surface area contributed by atoms with E-state index in [2.05, 4.69) is 24.0 Å². The van der Waals surface area contributed by atoms with Gasteiger partial charge in [0.05, 0.1) is 19.7 Å². The topological polar surface area (TPSA) is 59.1 Å². The first-order chi connectivity index (χ1) is 11.2. The number of carbonyl (C=O) groups excluding carboxylic acids is 2. The van der Waals surface area contributed by atoms with Crippen molar-refractivity contribution in [2.45, 2.75) is 58.2 Å². The highest BCUT2D eigenvalue weighted by molar-refractivity contribution is 5.71. The molecule has 0 aromatic carbocycles. The van der Waals surface area contributed by atoms with Crippen molar-refractivity contribution in [3.8, 4) is 0 Å². The van der Waals surface area contributed by atoms with Crippen LogP contribution in [0.3, 0.4) is 0 Å². The molecule has 0 aromatic rings. The Morgan fingerprint density at radius 2 is 1.96 bits per heavy atom. The third-order valence-corrected chi connectivity index (χ3v) is 4.68. The summed E-state index contributed by atoms with van der Waals surface area (Å²) >= 11 is 0. The molecule has 2 aliphatic heterocycles. The van der Waals surface area contributed by atoms with E-state index in [1.807, 2.05) is 25.7 Å². The fraction of sp³-hybridized carbons (Fsp3) is 0.778. The molecule has 1 amide bonds. The molecule has 0 N–H and O–H groups in total. The number of nitrogens with zero attached hydrogens (tertiary/aromatic N) is 2. The second kappa shape index (κ2) is 7.55. The molecule has 1 fully saturated rings. The Morgan fingerprint density at radius 1 is 1.25 bits per heavy atom. The molecular weight excluding hydrogens is 308 g/mol. The first-order valence-electron chi connectivity index (χ1n) is 8.74. The summed E-state index contributed by atoms with van der Waals surface area (Å²) in [6.07, 6.45) is 5.96. The fourth-order valence-corrected chi connectivity index (χ4v) is 3.46. The molecular formula is C18H30N2O4. The molecule has 2 heterocycles. The molecule has 6 nitrogen and oxygen atoms in total. The van der Waals surface area contributed by atoms with Crippen LogP contribution in [0.15, 0.2) is 12.2 Å². The number of fused-ring (bicyclic) bond motifs is 1. The van der Waals surface area contributed by atoms with Crippen molar-refractivity contribution in [2.75, 3.05) is 26.7 Å². The molecule has 24 heavy (non-hydrogen) atoms. The van der Waals surface area contributed by atoms with Crippen LogP contribution in [-0.2, 0) is 14.3 Å².